The molecule has 1 aliphatic heterocycles. The van der Waals surface area contributed by atoms with E-state index in [0.717, 1.165) is 12.8 Å². The molecule has 15 heteroatoms. The van der Waals surface area contributed by atoms with Crippen molar-refractivity contribution in [2.75, 3.05) is 24.5 Å². The van der Waals surface area contributed by atoms with Crippen LogP contribution in [0.25, 0.3) is 16.0 Å². The molecular formula is C24H26F2N8O3S2. The van der Waals surface area contributed by atoms with Crippen LogP contribution in [0.1, 0.15) is 51.0 Å². The van der Waals surface area contributed by atoms with Gasteiger partial charge in [-0.05, 0) is 44.7 Å². The van der Waals surface area contributed by atoms with Crippen molar-refractivity contribution in [2.24, 2.45) is 5.41 Å². The summed E-state index contributed by atoms with van der Waals surface area (Å²) in [4.78, 5) is 16.9. The van der Waals surface area contributed by atoms with Crippen LogP contribution in [0.2, 0.25) is 0 Å². The predicted octanol–water partition coefficient (Wildman–Crippen LogP) is 2.99. The van der Waals surface area contributed by atoms with Gasteiger partial charge in [0.05, 0.1) is 22.7 Å². The number of nitrogens with one attached hydrogen (secondary N) is 1. The van der Waals surface area contributed by atoms with Crippen molar-refractivity contribution in [3.05, 3.63) is 23.3 Å². The number of carbonyl (C=O) groups is 1. The van der Waals surface area contributed by atoms with Gasteiger partial charge >= 0.3 is 0 Å². The summed E-state index contributed by atoms with van der Waals surface area (Å²) in [5.41, 5.74) is -0.485. The van der Waals surface area contributed by atoms with E-state index in [2.05, 4.69) is 20.0 Å². The molecule has 3 aromatic rings. The number of halogens is 2. The van der Waals surface area contributed by atoms with Crippen molar-refractivity contribution < 1.29 is 22.0 Å². The third-order valence-electron chi connectivity index (χ3n) is 7.79. The van der Waals surface area contributed by atoms with E-state index in [-0.39, 0.29) is 27.4 Å². The Hall–Kier alpha value is -3.22. The lowest BCUT2D eigenvalue weighted by molar-refractivity contribution is -0.138. The van der Waals surface area contributed by atoms with Crippen molar-refractivity contribution in [3.8, 4) is 11.2 Å². The summed E-state index contributed by atoms with van der Waals surface area (Å²) in [6.45, 7) is 5.37. The van der Waals surface area contributed by atoms with E-state index in [9.17, 15) is 27.3 Å². The number of benzene rings is 1. The second kappa shape index (κ2) is 8.90. The van der Waals surface area contributed by atoms with Crippen LogP contribution in [0.4, 0.5) is 14.5 Å². The molecule has 6 rings (SSSR count). The van der Waals surface area contributed by atoms with Crippen molar-refractivity contribution in [1.29, 1.82) is 5.26 Å². The zero-order chi connectivity index (χ0) is 27.7. The van der Waals surface area contributed by atoms with Crippen LogP contribution < -0.4 is 9.62 Å². The number of aromatic nitrogens is 4. The van der Waals surface area contributed by atoms with Crippen LogP contribution in [0, 0.1) is 16.7 Å². The Kier molecular flexibility index (Phi) is 5.94. The van der Waals surface area contributed by atoms with Crippen molar-refractivity contribution in [3.63, 3.8) is 0 Å². The van der Waals surface area contributed by atoms with Gasteiger partial charge in [-0.2, -0.15) is 15.1 Å². The Morgan fingerprint density at radius 2 is 1.97 bits per heavy atom. The van der Waals surface area contributed by atoms with Crippen LogP contribution in [0.3, 0.4) is 0 Å². The molecule has 3 aliphatic rings. The SMILES string of the molecule is C[C@@H]1CN(c2cc(S(=O)(=O)NC3(C#N)CC3)cc3c2cnn3-c2nnc(C(F)F)s2)CCN1C(=O)C1(C)CC1. The standard InChI is InChI=1S/C24H26F2N8O3S2/c1-14-12-32(7-8-33(14)21(35)23(2)3-4-23)17-9-15(39(36,37)31-24(13-27)5-6-24)10-18-16(17)11-28-34(18)22-30-29-20(38-22)19(25)26/h9-11,14,19,31H,3-8,12H2,1-2H3/t14-/m1/s1. The average Bonchev–Trinajstić information content (AvgIpc) is 3.71. The second-order valence-electron chi connectivity index (χ2n) is 10.8. The smallest absolute Gasteiger partial charge is 0.291 e. The van der Waals surface area contributed by atoms with Gasteiger partial charge in [0.2, 0.25) is 21.1 Å². The van der Waals surface area contributed by atoms with Gasteiger partial charge in [-0.3, -0.25) is 4.79 Å². The number of piperazine rings is 1. The molecule has 0 radical (unpaired) electrons. The summed E-state index contributed by atoms with van der Waals surface area (Å²) >= 11 is 0.666. The monoisotopic (exact) mass is 576 g/mol. The third kappa shape index (κ3) is 4.53. The number of anilines is 1. The summed E-state index contributed by atoms with van der Waals surface area (Å²) in [6, 6.07) is 4.87. The normalized spacial score (nSPS) is 21.8. The minimum Gasteiger partial charge on any atom is -0.367 e. The molecule has 3 fully saturated rings. The van der Waals surface area contributed by atoms with E-state index < -0.39 is 27.0 Å². The highest BCUT2D eigenvalue weighted by atomic mass is 32.2. The lowest BCUT2D eigenvalue weighted by Gasteiger charge is -2.42. The Bertz CT molecular complexity index is 1620. The number of hydrogen-bond acceptors (Lipinski definition) is 9. The molecule has 2 aliphatic carbocycles. The number of carbonyl (C=O) groups excluding carboxylic acids is 1. The van der Waals surface area contributed by atoms with Gasteiger partial charge in [0, 0.05) is 42.2 Å². The molecule has 11 nitrogen and oxygen atoms in total. The van der Waals surface area contributed by atoms with E-state index in [1.165, 1.54) is 10.7 Å². The first kappa shape index (κ1) is 26.0. The van der Waals surface area contributed by atoms with Crippen LogP contribution in [0.5, 0.6) is 0 Å². The number of sulfonamides is 1. The summed E-state index contributed by atoms with van der Waals surface area (Å²) in [5, 5.41) is 21.4. The van der Waals surface area contributed by atoms with Gasteiger partial charge in [-0.1, -0.05) is 18.3 Å². The van der Waals surface area contributed by atoms with Gasteiger partial charge in [0.15, 0.2) is 5.01 Å². The molecule has 1 N–H and O–H groups in total. The highest BCUT2D eigenvalue weighted by Gasteiger charge is 2.49. The zero-order valence-corrected chi connectivity index (χ0v) is 22.9. The molecule has 206 valence electrons. The van der Waals surface area contributed by atoms with Gasteiger partial charge in [0.1, 0.15) is 5.54 Å². The number of nitriles is 1. The Balaban J connectivity index is 1.41. The third-order valence-corrected chi connectivity index (χ3v) is 10.2. The molecule has 1 saturated heterocycles. The number of amides is 1. The van der Waals surface area contributed by atoms with E-state index in [4.69, 9.17) is 0 Å². The van der Waals surface area contributed by atoms with Gasteiger partial charge in [-0.15, -0.1) is 10.2 Å². The second-order valence-corrected chi connectivity index (χ2v) is 13.5. The van der Waals surface area contributed by atoms with Crippen LogP contribution in [-0.4, -0.2) is 70.4 Å². The summed E-state index contributed by atoms with van der Waals surface area (Å²) in [7, 11) is -4.11. The first-order valence-electron chi connectivity index (χ1n) is 12.6. The lowest BCUT2D eigenvalue weighted by Crippen LogP contribution is -2.55. The Morgan fingerprint density at radius 3 is 2.56 bits per heavy atom. The van der Waals surface area contributed by atoms with E-state index >= 15 is 0 Å². The quantitative estimate of drug-likeness (QED) is 0.453. The van der Waals surface area contributed by atoms with E-state index in [1.807, 2.05) is 29.7 Å². The molecule has 0 unspecified atom stereocenters. The minimum absolute atomic E-state index is 0.0749. The maximum absolute atomic E-state index is 13.4. The van der Waals surface area contributed by atoms with Crippen LogP contribution in [0.15, 0.2) is 23.2 Å². The summed E-state index contributed by atoms with van der Waals surface area (Å²) in [6.07, 6.45) is 1.35. The van der Waals surface area contributed by atoms with Gasteiger partial charge in [-0.25, -0.2) is 21.9 Å². The first-order valence-corrected chi connectivity index (χ1v) is 14.9. The van der Waals surface area contributed by atoms with Crippen molar-refractivity contribution in [2.45, 2.75) is 62.4 Å². The van der Waals surface area contributed by atoms with Gasteiger partial charge < -0.3 is 9.80 Å². The minimum atomic E-state index is -4.11. The molecule has 3 heterocycles. The molecule has 2 aromatic heterocycles. The fraction of sp³-hybridized carbons (Fsp3) is 0.542. The van der Waals surface area contributed by atoms with Gasteiger partial charge in [0.25, 0.3) is 6.43 Å². The van der Waals surface area contributed by atoms with Crippen molar-refractivity contribution >= 4 is 43.9 Å². The topological polar surface area (TPSA) is 137 Å². The van der Waals surface area contributed by atoms with Crippen LogP contribution >= 0.6 is 11.3 Å². The maximum Gasteiger partial charge on any atom is 0.291 e. The molecule has 1 aromatic carbocycles. The van der Waals surface area contributed by atoms with Crippen molar-refractivity contribution in [1.82, 2.24) is 29.6 Å². The average molecular weight is 577 g/mol. The fourth-order valence-electron chi connectivity index (χ4n) is 4.96. The molecule has 1 atom stereocenters. The summed E-state index contributed by atoms with van der Waals surface area (Å²) < 4.78 is 57.0. The van der Waals surface area contributed by atoms with E-state index in [1.54, 1.807) is 12.3 Å². The largest absolute Gasteiger partial charge is 0.367 e. The Labute approximate surface area is 227 Å². The number of hydrogen-bond donors (Lipinski definition) is 1. The first-order chi connectivity index (χ1) is 18.5. The molecule has 0 spiro atoms. The molecule has 2 saturated carbocycles. The summed E-state index contributed by atoms with van der Waals surface area (Å²) in [5.74, 6) is 0.144. The highest BCUT2D eigenvalue weighted by Crippen LogP contribution is 2.47. The molecule has 1 amide bonds. The van der Waals surface area contributed by atoms with E-state index in [0.29, 0.717) is 60.4 Å². The van der Waals surface area contributed by atoms with Crippen LogP contribution in [-0.2, 0) is 14.8 Å². The molecule has 39 heavy (non-hydrogen) atoms. The number of rotatable bonds is 7. The number of alkyl halides is 2. The maximum atomic E-state index is 13.4. The zero-order valence-electron chi connectivity index (χ0n) is 21.3. The lowest BCUT2D eigenvalue weighted by atomic mass is 10.0. The molecular weight excluding hydrogens is 550 g/mol. The number of fused-ring (bicyclic) bond motifs is 1. The predicted molar refractivity (Wildman–Crippen MR) is 138 cm³/mol. The fourth-order valence-corrected chi connectivity index (χ4v) is 7.04. The highest BCUT2D eigenvalue weighted by molar-refractivity contribution is 7.89. The molecule has 0 bridgehead atoms. The Morgan fingerprint density at radius 1 is 1.23 bits per heavy atom. The number of nitrogens with zero attached hydrogens (tertiary/aromatic N) is 7.